The molecule has 0 spiro atoms. The molecule has 2 N–H and O–H groups in total. The summed E-state index contributed by atoms with van der Waals surface area (Å²) < 4.78 is 5.24. The van der Waals surface area contributed by atoms with Crippen LogP contribution in [0.5, 0.6) is 0 Å². The number of nitrogens with zero attached hydrogens (tertiary/aromatic N) is 2. The molecule has 0 radical (unpaired) electrons. The Labute approximate surface area is 93.2 Å². The second-order valence-electron chi connectivity index (χ2n) is 3.27. The molecular weight excluding hydrogens is 206 g/mol. The number of anilines is 1. The van der Waals surface area contributed by atoms with Crippen LogP contribution in [0.4, 0.5) is 5.82 Å². The van der Waals surface area contributed by atoms with E-state index in [0.29, 0.717) is 18.7 Å². The third-order valence-corrected chi connectivity index (χ3v) is 2.08. The fourth-order valence-corrected chi connectivity index (χ4v) is 1.31. The maximum Gasteiger partial charge on any atom is 0.152 e. The van der Waals surface area contributed by atoms with E-state index in [4.69, 9.17) is 9.52 Å². The van der Waals surface area contributed by atoms with Gasteiger partial charge >= 0.3 is 0 Å². The molecule has 0 bridgehead atoms. The first kappa shape index (κ1) is 10.6. The van der Waals surface area contributed by atoms with Crippen LogP contribution in [0.2, 0.25) is 0 Å². The van der Waals surface area contributed by atoms with Gasteiger partial charge in [-0.1, -0.05) is 0 Å². The molecule has 0 saturated heterocycles. The standard InChI is InChI=1S/C11H13N3O2/c15-5-2-4-12-11-7-9(13-8-14-11)10-3-1-6-16-10/h1,3,6-8,15H,2,4-5H2,(H,12,13,14). The van der Waals surface area contributed by atoms with Crippen molar-refractivity contribution in [2.45, 2.75) is 6.42 Å². The summed E-state index contributed by atoms with van der Waals surface area (Å²) in [5.41, 5.74) is 0.742. The summed E-state index contributed by atoms with van der Waals surface area (Å²) in [5, 5.41) is 11.8. The normalized spacial score (nSPS) is 10.3. The van der Waals surface area contributed by atoms with Gasteiger partial charge in [0.2, 0.25) is 0 Å². The van der Waals surface area contributed by atoms with E-state index in [1.54, 1.807) is 6.26 Å². The lowest BCUT2D eigenvalue weighted by atomic mass is 10.3. The van der Waals surface area contributed by atoms with Crippen LogP contribution in [0.3, 0.4) is 0 Å². The Balaban J connectivity index is 2.08. The molecule has 0 atom stereocenters. The quantitative estimate of drug-likeness (QED) is 0.746. The fourth-order valence-electron chi connectivity index (χ4n) is 1.31. The molecule has 2 rings (SSSR count). The highest BCUT2D eigenvalue weighted by Crippen LogP contribution is 2.18. The highest BCUT2D eigenvalue weighted by Gasteiger charge is 2.03. The van der Waals surface area contributed by atoms with E-state index in [1.807, 2.05) is 18.2 Å². The van der Waals surface area contributed by atoms with Crippen LogP contribution in [0.1, 0.15) is 6.42 Å². The summed E-state index contributed by atoms with van der Waals surface area (Å²) in [6, 6.07) is 5.48. The number of rotatable bonds is 5. The first-order valence-corrected chi connectivity index (χ1v) is 5.11. The van der Waals surface area contributed by atoms with Crippen molar-refractivity contribution in [2.75, 3.05) is 18.5 Å². The second kappa shape index (κ2) is 5.27. The summed E-state index contributed by atoms with van der Waals surface area (Å²) >= 11 is 0. The number of furan rings is 1. The average molecular weight is 219 g/mol. The van der Waals surface area contributed by atoms with Crippen LogP contribution in [-0.4, -0.2) is 28.2 Å². The van der Waals surface area contributed by atoms with E-state index < -0.39 is 0 Å². The maximum absolute atomic E-state index is 8.66. The van der Waals surface area contributed by atoms with E-state index in [1.165, 1.54) is 6.33 Å². The summed E-state index contributed by atoms with van der Waals surface area (Å²) in [7, 11) is 0. The zero-order chi connectivity index (χ0) is 11.2. The number of aromatic nitrogens is 2. The van der Waals surface area contributed by atoms with Crippen LogP contribution in [0, 0.1) is 0 Å². The van der Waals surface area contributed by atoms with E-state index in [-0.39, 0.29) is 6.61 Å². The summed E-state index contributed by atoms with van der Waals surface area (Å²) in [4.78, 5) is 8.19. The van der Waals surface area contributed by atoms with Gasteiger partial charge < -0.3 is 14.8 Å². The largest absolute Gasteiger partial charge is 0.463 e. The Hall–Kier alpha value is -1.88. The third-order valence-electron chi connectivity index (χ3n) is 2.08. The Morgan fingerprint density at radius 1 is 1.38 bits per heavy atom. The number of hydrogen-bond donors (Lipinski definition) is 2. The number of aliphatic hydroxyl groups is 1. The van der Waals surface area contributed by atoms with Crippen molar-refractivity contribution in [2.24, 2.45) is 0 Å². The van der Waals surface area contributed by atoms with Gasteiger partial charge in [0.1, 0.15) is 17.8 Å². The maximum atomic E-state index is 8.66. The minimum Gasteiger partial charge on any atom is -0.463 e. The SMILES string of the molecule is OCCCNc1cc(-c2ccco2)ncn1. The molecular formula is C11H13N3O2. The van der Waals surface area contributed by atoms with E-state index in [9.17, 15) is 0 Å². The number of hydrogen-bond acceptors (Lipinski definition) is 5. The predicted octanol–water partition coefficient (Wildman–Crippen LogP) is 1.53. The van der Waals surface area contributed by atoms with E-state index >= 15 is 0 Å². The molecule has 0 aliphatic carbocycles. The van der Waals surface area contributed by atoms with Gasteiger partial charge in [-0.05, 0) is 18.6 Å². The molecule has 0 aliphatic heterocycles. The second-order valence-corrected chi connectivity index (χ2v) is 3.27. The molecule has 0 fully saturated rings. The topological polar surface area (TPSA) is 71.2 Å². The molecule has 2 heterocycles. The van der Waals surface area contributed by atoms with E-state index in [2.05, 4.69) is 15.3 Å². The summed E-state index contributed by atoms with van der Waals surface area (Å²) in [6.07, 6.45) is 3.79. The minimum atomic E-state index is 0.170. The van der Waals surface area contributed by atoms with Gasteiger partial charge in [0.05, 0.1) is 6.26 Å². The molecule has 2 aromatic heterocycles. The van der Waals surface area contributed by atoms with Gasteiger partial charge in [-0.15, -0.1) is 0 Å². The lowest BCUT2D eigenvalue weighted by Crippen LogP contribution is -2.05. The van der Waals surface area contributed by atoms with Gasteiger partial charge in [0.25, 0.3) is 0 Å². The number of aliphatic hydroxyl groups excluding tert-OH is 1. The molecule has 0 amide bonds. The molecule has 0 aliphatic rings. The molecule has 5 nitrogen and oxygen atoms in total. The monoisotopic (exact) mass is 219 g/mol. The van der Waals surface area contributed by atoms with Crippen molar-refractivity contribution >= 4 is 5.82 Å². The lowest BCUT2D eigenvalue weighted by Gasteiger charge is -2.04. The zero-order valence-corrected chi connectivity index (χ0v) is 8.76. The summed E-state index contributed by atoms with van der Waals surface area (Å²) in [5.74, 6) is 1.45. The van der Waals surface area contributed by atoms with Crippen molar-refractivity contribution in [1.82, 2.24) is 9.97 Å². The van der Waals surface area contributed by atoms with Crippen LogP contribution >= 0.6 is 0 Å². The van der Waals surface area contributed by atoms with Crippen molar-refractivity contribution in [3.63, 3.8) is 0 Å². The molecule has 2 aromatic rings. The van der Waals surface area contributed by atoms with Gasteiger partial charge in [0, 0.05) is 19.2 Å². The van der Waals surface area contributed by atoms with Crippen LogP contribution in [-0.2, 0) is 0 Å². The van der Waals surface area contributed by atoms with Crippen molar-refractivity contribution in [3.8, 4) is 11.5 Å². The minimum absolute atomic E-state index is 0.170. The zero-order valence-electron chi connectivity index (χ0n) is 8.76. The smallest absolute Gasteiger partial charge is 0.152 e. The molecule has 16 heavy (non-hydrogen) atoms. The Bertz CT molecular complexity index is 429. The molecule has 0 unspecified atom stereocenters. The Kier molecular flexibility index (Phi) is 3.50. The van der Waals surface area contributed by atoms with Gasteiger partial charge in [-0.3, -0.25) is 0 Å². The molecule has 0 saturated carbocycles. The van der Waals surface area contributed by atoms with E-state index in [0.717, 1.165) is 11.5 Å². The van der Waals surface area contributed by atoms with Crippen molar-refractivity contribution < 1.29 is 9.52 Å². The van der Waals surface area contributed by atoms with Gasteiger partial charge in [-0.25, -0.2) is 9.97 Å². The Morgan fingerprint density at radius 3 is 3.06 bits per heavy atom. The fraction of sp³-hybridized carbons (Fsp3) is 0.273. The average Bonchev–Trinajstić information content (AvgIpc) is 2.83. The van der Waals surface area contributed by atoms with Crippen molar-refractivity contribution in [1.29, 1.82) is 0 Å². The lowest BCUT2D eigenvalue weighted by molar-refractivity contribution is 0.292. The highest BCUT2D eigenvalue weighted by atomic mass is 16.3. The van der Waals surface area contributed by atoms with Crippen LogP contribution < -0.4 is 5.32 Å². The highest BCUT2D eigenvalue weighted by molar-refractivity contribution is 5.56. The van der Waals surface area contributed by atoms with Crippen molar-refractivity contribution in [3.05, 3.63) is 30.8 Å². The molecule has 5 heteroatoms. The first-order chi connectivity index (χ1) is 7.90. The number of nitrogens with one attached hydrogen (secondary N) is 1. The molecule has 0 aromatic carbocycles. The molecule has 84 valence electrons. The Morgan fingerprint density at radius 2 is 2.31 bits per heavy atom. The summed E-state index contributed by atoms with van der Waals surface area (Å²) in [6.45, 7) is 0.855. The van der Waals surface area contributed by atoms with Crippen LogP contribution in [0.15, 0.2) is 35.2 Å². The third kappa shape index (κ3) is 2.58. The van der Waals surface area contributed by atoms with Gasteiger partial charge in [-0.2, -0.15) is 0 Å². The van der Waals surface area contributed by atoms with Crippen LogP contribution in [0.25, 0.3) is 11.5 Å². The first-order valence-electron chi connectivity index (χ1n) is 5.11. The van der Waals surface area contributed by atoms with Gasteiger partial charge in [0.15, 0.2) is 5.76 Å². The predicted molar refractivity (Wildman–Crippen MR) is 59.9 cm³/mol.